The van der Waals surface area contributed by atoms with Gasteiger partial charge in [0.2, 0.25) is 5.82 Å². The van der Waals surface area contributed by atoms with Gasteiger partial charge in [-0.1, -0.05) is 0 Å². The number of hydrogen-bond acceptors (Lipinski definition) is 5. The maximum atomic E-state index is 11.9. The van der Waals surface area contributed by atoms with Gasteiger partial charge in [-0.3, -0.25) is 9.59 Å². The maximum absolute atomic E-state index is 11.9. The van der Waals surface area contributed by atoms with Gasteiger partial charge in [-0.15, -0.1) is 0 Å². The molecule has 0 aliphatic carbocycles. The lowest BCUT2D eigenvalue weighted by atomic mass is 10.4. The Morgan fingerprint density at radius 2 is 1.94 bits per heavy atom. The zero-order valence-corrected chi connectivity index (χ0v) is 8.69. The SMILES string of the molecule is Nc1nc(C(=O)N2CCCC2)[nH]c(=O)c1N. The van der Waals surface area contributed by atoms with Crippen LogP contribution in [-0.4, -0.2) is 33.9 Å². The van der Waals surface area contributed by atoms with Crippen molar-refractivity contribution < 1.29 is 4.79 Å². The fourth-order valence-corrected chi connectivity index (χ4v) is 1.67. The topological polar surface area (TPSA) is 118 Å². The number of rotatable bonds is 1. The monoisotopic (exact) mass is 223 g/mol. The van der Waals surface area contributed by atoms with Crippen LogP contribution in [0.5, 0.6) is 0 Å². The fourth-order valence-electron chi connectivity index (χ4n) is 1.67. The number of nitrogens with two attached hydrogens (primary N) is 2. The molecule has 1 saturated heterocycles. The number of aromatic amines is 1. The van der Waals surface area contributed by atoms with Crippen LogP contribution in [0.3, 0.4) is 0 Å². The molecular weight excluding hydrogens is 210 g/mol. The van der Waals surface area contributed by atoms with E-state index in [-0.39, 0.29) is 23.2 Å². The Hall–Kier alpha value is -2.05. The van der Waals surface area contributed by atoms with Crippen LogP contribution in [0.1, 0.15) is 23.5 Å². The van der Waals surface area contributed by atoms with Crippen LogP contribution in [0.25, 0.3) is 0 Å². The van der Waals surface area contributed by atoms with Gasteiger partial charge in [0.25, 0.3) is 11.5 Å². The molecule has 0 spiro atoms. The molecule has 1 aromatic heterocycles. The summed E-state index contributed by atoms with van der Waals surface area (Å²) >= 11 is 0. The van der Waals surface area contributed by atoms with Crippen LogP contribution in [0.2, 0.25) is 0 Å². The first kappa shape index (κ1) is 10.5. The third-order valence-electron chi connectivity index (χ3n) is 2.58. The molecule has 0 atom stereocenters. The Labute approximate surface area is 91.5 Å². The zero-order valence-electron chi connectivity index (χ0n) is 8.69. The van der Waals surface area contributed by atoms with Crippen LogP contribution in [0.4, 0.5) is 11.5 Å². The Morgan fingerprint density at radius 3 is 2.50 bits per heavy atom. The number of amides is 1. The van der Waals surface area contributed by atoms with Crippen molar-refractivity contribution in [2.45, 2.75) is 12.8 Å². The fraction of sp³-hybridized carbons (Fsp3) is 0.444. The van der Waals surface area contributed by atoms with E-state index in [1.54, 1.807) is 4.90 Å². The van der Waals surface area contributed by atoms with Crippen molar-refractivity contribution in [3.05, 3.63) is 16.2 Å². The second-order valence-corrected chi connectivity index (χ2v) is 3.71. The highest BCUT2D eigenvalue weighted by Gasteiger charge is 2.22. The lowest BCUT2D eigenvalue weighted by Gasteiger charge is -2.14. The summed E-state index contributed by atoms with van der Waals surface area (Å²) in [7, 11) is 0. The highest BCUT2D eigenvalue weighted by atomic mass is 16.2. The van der Waals surface area contributed by atoms with Crippen molar-refractivity contribution >= 4 is 17.4 Å². The minimum absolute atomic E-state index is 0.0430. The number of likely N-dealkylation sites (tertiary alicyclic amines) is 1. The van der Waals surface area contributed by atoms with E-state index in [0.717, 1.165) is 12.8 Å². The summed E-state index contributed by atoms with van der Waals surface area (Å²) in [6.07, 6.45) is 1.95. The maximum Gasteiger partial charge on any atom is 0.289 e. The zero-order chi connectivity index (χ0) is 11.7. The van der Waals surface area contributed by atoms with E-state index in [9.17, 15) is 9.59 Å². The minimum Gasteiger partial charge on any atom is -0.391 e. The largest absolute Gasteiger partial charge is 0.391 e. The Balaban J connectivity index is 2.33. The molecule has 0 saturated carbocycles. The summed E-state index contributed by atoms with van der Waals surface area (Å²) in [5.74, 6) is -0.453. The number of nitrogens with one attached hydrogen (secondary N) is 1. The summed E-state index contributed by atoms with van der Waals surface area (Å²) in [5.41, 5.74) is 10.1. The van der Waals surface area contributed by atoms with E-state index in [2.05, 4.69) is 9.97 Å². The molecule has 0 unspecified atom stereocenters. The molecule has 2 heterocycles. The Bertz CT molecular complexity index is 475. The van der Waals surface area contributed by atoms with Gasteiger partial charge in [-0.2, -0.15) is 0 Å². The van der Waals surface area contributed by atoms with Gasteiger partial charge in [0.05, 0.1) is 0 Å². The molecule has 1 fully saturated rings. The van der Waals surface area contributed by atoms with Crippen LogP contribution >= 0.6 is 0 Å². The van der Waals surface area contributed by atoms with E-state index in [4.69, 9.17) is 11.5 Å². The van der Waals surface area contributed by atoms with Crippen molar-refractivity contribution in [1.82, 2.24) is 14.9 Å². The molecule has 16 heavy (non-hydrogen) atoms. The van der Waals surface area contributed by atoms with E-state index < -0.39 is 5.56 Å². The number of nitrogen functional groups attached to an aromatic ring is 2. The molecular formula is C9H13N5O2. The van der Waals surface area contributed by atoms with Crippen molar-refractivity contribution in [2.24, 2.45) is 0 Å². The van der Waals surface area contributed by atoms with Gasteiger partial charge in [0.1, 0.15) is 5.69 Å². The van der Waals surface area contributed by atoms with E-state index >= 15 is 0 Å². The van der Waals surface area contributed by atoms with Gasteiger partial charge in [-0.25, -0.2) is 4.98 Å². The third kappa shape index (κ3) is 1.71. The van der Waals surface area contributed by atoms with Gasteiger partial charge >= 0.3 is 0 Å². The number of carbonyl (C=O) groups excluding carboxylic acids is 1. The molecule has 1 aromatic rings. The van der Waals surface area contributed by atoms with E-state index in [0.29, 0.717) is 13.1 Å². The van der Waals surface area contributed by atoms with Crippen LogP contribution in [0, 0.1) is 0 Å². The normalized spacial score (nSPS) is 15.4. The van der Waals surface area contributed by atoms with Crippen molar-refractivity contribution in [3.8, 4) is 0 Å². The molecule has 0 bridgehead atoms. The predicted octanol–water partition coefficient (Wildman–Crippen LogP) is -0.830. The third-order valence-corrected chi connectivity index (χ3v) is 2.58. The second-order valence-electron chi connectivity index (χ2n) is 3.71. The quantitative estimate of drug-likeness (QED) is 0.574. The molecule has 2 rings (SSSR count). The number of nitrogens with zero attached hydrogens (tertiary/aromatic N) is 2. The lowest BCUT2D eigenvalue weighted by molar-refractivity contribution is 0.0780. The number of anilines is 2. The first-order valence-electron chi connectivity index (χ1n) is 5.04. The summed E-state index contributed by atoms with van der Waals surface area (Å²) in [6, 6.07) is 0. The average Bonchev–Trinajstić information content (AvgIpc) is 2.77. The van der Waals surface area contributed by atoms with Crippen molar-refractivity contribution in [1.29, 1.82) is 0 Å². The molecule has 1 aliphatic heterocycles. The summed E-state index contributed by atoms with van der Waals surface area (Å²) in [4.78, 5) is 30.9. The lowest BCUT2D eigenvalue weighted by Crippen LogP contribution is -2.32. The van der Waals surface area contributed by atoms with Crippen LogP contribution < -0.4 is 17.0 Å². The first-order valence-corrected chi connectivity index (χ1v) is 5.04. The van der Waals surface area contributed by atoms with E-state index in [1.807, 2.05) is 0 Å². The summed E-state index contributed by atoms with van der Waals surface area (Å²) < 4.78 is 0. The molecule has 1 aliphatic rings. The van der Waals surface area contributed by atoms with Gasteiger partial charge in [0, 0.05) is 13.1 Å². The summed E-state index contributed by atoms with van der Waals surface area (Å²) in [6.45, 7) is 1.37. The van der Waals surface area contributed by atoms with Crippen molar-refractivity contribution in [2.75, 3.05) is 24.6 Å². The van der Waals surface area contributed by atoms with Gasteiger partial charge < -0.3 is 21.4 Å². The van der Waals surface area contributed by atoms with Crippen molar-refractivity contribution in [3.63, 3.8) is 0 Å². The molecule has 0 radical (unpaired) electrons. The average molecular weight is 223 g/mol. The Morgan fingerprint density at radius 1 is 1.31 bits per heavy atom. The first-order chi connectivity index (χ1) is 7.59. The number of hydrogen-bond donors (Lipinski definition) is 3. The number of H-pyrrole nitrogens is 1. The standard InChI is InChI=1S/C9H13N5O2/c10-5-6(11)12-7(13-8(5)15)9(16)14-3-1-2-4-14/h1-4,10H2,(H3,11,12,13,15). The molecule has 86 valence electrons. The predicted molar refractivity (Wildman–Crippen MR) is 58.8 cm³/mol. The number of carbonyl (C=O) groups is 1. The molecule has 5 N–H and O–H groups in total. The van der Waals surface area contributed by atoms with Crippen LogP contribution in [0.15, 0.2) is 4.79 Å². The second kappa shape index (κ2) is 3.84. The van der Waals surface area contributed by atoms with Gasteiger partial charge in [-0.05, 0) is 12.8 Å². The van der Waals surface area contributed by atoms with Gasteiger partial charge in [0.15, 0.2) is 5.82 Å². The Kier molecular flexibility index (Phi) is 2.51. The van der Waals surface area contributed by atoms with Crippen LogP contribution in [-0.2, 0) is 0 Å². The molecule has 7 nitrogen and oxygen atoms in total. The highest BCUT2D eigenvalue weighted by Crippen LogP contribution is 2.11. The molecule has 0 aromatic carbocycles. The molecule has 1 amide bonds. The minimum atomic E-state index is -0.574. The molecule has 7 heteroatoms. The highest BCUT2D eigenvalue weighted by molar-refractivity contribution is 5.91. The smallest absolute Gasteiger partial charge is 0.289 e. The summed E-state index contributed by atoms with van der Waals surface area (Å²) in [5, 5.41) is 0. The number of aromatic nitrogens is 2. The van der Waals surface area contributed by atoms with E-state index in [1.165, 1.54) is 0 Å².